The highest BCUT2D eigenvalue weighted by Gasteiger charge is 2.44. The van der Waals surface area contributed by atoms with Crippen LogP contribution in [0, 0.1) is 6.92 Å². The maximum Gasteiger partial charge on any atom is 0.191 e. The maximum absolute atomic E-state index is 5.40. The Kier molecular flexibility index (Phi) is 6.92. The summed E-state index contributed by atoms with van der Waals surface area (Å²) in [6.07, 6.45) is 3.63. The summed E-state index contributed by atoms with van der Waals surface area (Å²) in [7, 11) is 0. The summed E-state index contributed by atoms with van der Waals surface area (Å²) >= 11 is 0. The molecular formula is C21H34N4O. The number of aryl methyl sites for hydroxylation is 1. The molecule has 5 nitrogen and oxygen atoms in total. The van der Waals surface area contributed by atoms with Crippen LogP contribution in [0.2, 0.25) is 0 Å². The molecule has 0 atom stereocenters. The maximum atomic E-state index is 5.40. The quantitative estimate of drug-likeness (QED) is 0.425. The topological polar surface area (TPSA) is 48.9 Å². The number of nitrogens with zero attached hydrogens (tertiary/aromatic N) is 2. The molecule has 3 rings (SSSR count). The molecule has 1 saturated carbocycles. The van der Waals surface area contributed by atoms with E-state index in [0.717, 1.165) is 64.9 Å². The number of ether oxygens (including phenoxy) is 1. The predicted molar refractivity (Wildman–Crippen MR) is 108 cm³/mol. The molecule has 0 spiro atoms. The molecule has 26 heavy (non-hydrogen) atoms. The van der Waals surface area contributed by atoms with Crippen molar-refractivity contribution in [3.05, 3.63) is 35.4 Å². The van der Waals surface area contributed by atoms with Crippen molar-refractivity contribution in [2.24, 2.45) is 4.99 Å². The summed E-state index contributed by atoms with van der Waals surface area (Å²) in [4.78, 5) is 7.39. The van der Waals surface area contributed by atoms with E-state index in [1.54, 1.807) is 0 Å². The fraction of sp³-hybridized carbons (Fsp3) is 0.667. The van der Waals surface area contributed by atoms with Crippen LogP contribution in [-0.4, -0.2) is 63.3 Å². The first-order valence-corrected chi connectivity index (χ1v) is 10.1. The molecule has 0 aromatic heterocycles. The summed E-state index contributed by atoms with van der Waals surface area (Å²) in [5.74, 6) is 0.953. The minimum Gasteiger partial charge on any atom is -0.379 e. The smallest absolute Gasteiger partial charge is 0.191 e. The van der Waals surface area contributed by atoms with Crippen LogP contribution in [0.4, 0.5) is 0 Å². The third-order valence-corrected chi connectivity index (χ3v) is 5.50. The van der Waals surface area contributed by atoms with Crippen molar-refractivity contribution >= 4 is 5.96 Å². The summed E-state index contributed by atoms with van der Waals surface area (Å²) in [5.41, 5.74) is 3.14. The molecule has 144 valence electrons. The molecule has 1 aromatic rings. The fourth-order valence-corrected chi connectivity index (χ4v) is 3.74. The van der Waals surface area contributed by atoms with Gasteiger partial charge in [-0.25, -0.2) is 0 Å². The molecule has 0 radical (unpaired) electrons. The van der Waals surface area contributed by atoms with Gasteiger partial charge in [0.25, 0.3) is 0 Å². The lowest BCUT2D eigenvalue weighted by atomic mass is 9.92. The van der Waals surface area contributed by atoms with Crippen LogP contribution in [0.25, 0.3) is 0 Å². The third kappa shape index (κ3) is 5.21. The van der Waals surface area contributed by atoms with Gasteiger partial charge in [0.05, 0.1) is 19.8 Å². The van der Waals surface area contributed by atoms with Crippen LogP contribution < -0.4 is 10.6 Å². The number of rotatable bonds is 8. The Labute approximate surface area is 158 Å². The third-order valence-electron chi connectivity index (χ3n) is 5.50. The molecule has 5 heteroatoms. The van der Waals surface area contributed by atoms with Crippen molar-refractivity contribution in [1.29, 1.82) is 0 Å². The Bertz CT molecular complexity index is 591. The van der Waals surface area contributed by atoms with E-state index in [2.05, 4.69) is 53.6 Å². The SMILES string of the molecule is CCNC(=NCC1(c2ccccc2C)CC1)NCCCN1CCOCC1. The zero-order chi connectivity index (χ0) is 18.2. The van der Waals surface area contributed by atoms with Gasteiger partial charge in [-0.3, -0.25) is 9.89 Å². The lowest BCUT2D eigenvalue weighted by molar-refractivity contribution is 0.0376. The van der Waals surface area contributed by atoms with Crippen LogP contribution >= 0.6 is 0 Å². The second kappa shape index (κ2) is 9.38. The molecule has 0 unspecified atom stereocenters. The Morgan fingerprint density at radius 2 is 1.96 bits per heavy atom. The summed E-state index contributed by atoms with van der Waals surface area (Å²) in [5, 5.41) is 6.90. The Morgan fingerprint density at radius 3 is 2.65 bits per heavy atom. The van der Waals surface area contributed by atoms with E-state index in [-0.39, 0.29) is 5.41 Å². The Balaban J connectivity index is 1.48. The van der Waals surface area contributed by atoms with Crippen molar-refractivity contribution in [2.45, 2.75) is 38.5 Å². The molecule has 0 bridgehead atoms. The van der Waals surface area contributed by atoms with E-state index in [4.69, 9.17) is 9.73 Å². The monoisotopic (exact) mass is 358 g/mol. The van der Waals surface area contributed by atoms with Gasteiger partial charge in [0.2, 0.25) is 0 Å². The first kappa shape index (κ1) is 19.2. The van der Waals surface area contributed by atoms with Gasteiger partial charge in [0, 0.05) is 31.6 Å². The summed E-state index contributed by atoms with van der Waals surface area (Å²) < 4.78 is 5.40. The molecular weight excluding hydrogens is 324 g/mol. The minimum absolute atomic E-state index is 0.265. The molecule has 2 N–H and O–H groups in total. The lowest BCUT2D eigenvalue weighted by Gasteiger charge is -2.26. The molecule has 1 aliphatic heterocycles. The molecule has 2 aliphatic rings. The summed E-state index contributed by atoms with van der Waals surface area (Å²) in [6, 6.07) is 8.77. The first-order chi connectivity index (χ1) is 12.7. The van der Waals surface area contributed by atoms with Crippen LogP contribution in [0.5, 0.6) is 0 Å². The van der Waals surface area contributed by atoms with E-state index in [0.29, 0.717) is 0 Å². The zero-order valence-electron chi connectivity index (χ0n) is 16.4. The molecule has 0 amide bonds. The molecule has 2 fully saturated rings. The van der Waals surface area contributed by atoms with Crippen molar-refractivity contribution in [3.8, 4) is 0 Å². The van der Waals surface area contributed by atoms with E-state index in [1.165, 1.54) is 24.0 Å². The van der Waals surface area contributed by atoms with Crippen LogP contribution in [0.1, 0.15) is 37.3 Å². The van der Waals surface area contributed by atoms with Crippen molar-refractivity contribution in [2.75, 3.05) is 52.5 Å². The second-order valence-electron chi connectivity index (χ2n) is 7.52. The molecule has 1 heterocycles. The largest absolute Gasteiger partial charge is 0.379 e. The number of aliphatic imine (C=N–C) groups is 1. The van der Waals surface area contributed by atoms with Crippen LogP contribution in [0.15, 0.2) is 29.3 Å². The second-order valence-corrected chi connectivity index (χ2v) is 7.52. The molecule has 1 aliphatic carbocycles. The fourth-order valence-electron chi connectivity index (χ4n) is 3.74. The van der Waals surface area contributed by atoms with Gasteiger partial charge in [-0.2, -0.15) is 0 Å². The highest BCUT2D eigenvalue weighted by atomic mass is 16.5. The number of nitrogens with one attached hydrogen (secondary N) is 2. The highest BCUT2D eigenvalue weighted by Crippen LogP contribution is 2.49. The number of guanidine groups is 1. The normalized spacial score (nSPS) is 20.0. The highest BCUT2D eigenvalue weighted by molar-refractivity contribution is 5.79. The number of morpholine rings is 1. The van der Waals surface area contributed by atoms with Crippen molar-refractivity contribution in [1.82, 2.24) is 15.5 Å². The van der Waals surface area contributed by atoms with Gasteiger partial charge < -0.3 is 15.4 Å². The molecule has 1 saturated heterocycles. The van der Waals surface area contributed by atoms with E-state index >= 15 is 0 Å². The van der Waals surface area contributed by atoms with E-state index < -0.39 is 0 Å². The van der Waals surface area contributed by atoms with Gasteiger partial charge in [-0.15, -0.1) is 0 Å². The van der Waals surface area contributed by atoms with Gasteiger partial charge in [-0.1, -0.05) is 24.3 Å². The van der Waals surface area contributed by atoms with E-state index in [1.807, 2.05) is 0 Å². The molecule has 1 aromatic carbocycles. The van der Waals surface area contributed by atoms with Gasteiger partial charge in [0.15, 0.2) is 5.96 Å². The lowest BCUT2D eigenvalue weighted by Crippen LogP contribution is -2.41. The van der Waals surface area contributed by atoms with Crippen molar-refractivity contribution in [3.63, 3.8) is 0 Å². The predicted octanol–water partition coefficient (Wildman–Crippen LogP) is 2.30. The number of hydrogen-bond donors (Lipinski definition) is 2. The van der Waals surface area contributed by atoms with Crippen LogP contribution in [-0.2, 0) is 10.2 Å². The standard InChI is InChI=1S/C21H34N4O/c1-3-22-20(23-11-6-12-25-13-15-26-16-14-25)24-17-21(9-10-21)19-8-5-4-7-18(19)2/h4-5,7-8H,3,6,9-17H2,1-2H3,(H2,22,23,24). The van der Waals surface area contributed by atoms with Crippen molar-refractivity contribution < 1.29 is 4.74 Å². The van der Waals surface area contributed by atoms with Gasteiger partial charge in [-0.05, 0) is 50.8 Å². The average molecular weight is 359 g/mol. The summed E-state index contributed by atoms with van der Waals surface area (Å²) in [6.45, 7) is 12.1. The zero-order valence-corrected chi connectivity index (χ0v) is 16.4. The Hall–Kier alpha value is -1.59. The van der Waals surface area contributed by atoms with E-state index in [9.17, 15) is 0 Å². The van der Waals surface area contributed by atoms with Gasteiger partial charge >= 0.3 is 0 Å². The Morgan fingerprint density at radius 1 is 1.19 bits per heavy atom. The number of hydrogen-bond acceptors (Lipinski definition) is 3. The first-order valence-electron chi connectivity index (χ1n) is 10.1. The van der Waals surface area contributed by atoms with Gasteiger partial charge in [0.1, 0.15) is 0 Å². The van der Waals surface area contributed by atoms with Crippen LogP contribution in [0.3, 0.4) is 0 Å². The minimum atomic E-state index is 0.265. The number of benzene rings is 1. The average Bonchev–Trinajstić information content (AvgIpc) is 3.45.